The number of amides is 1. The van der Waals surface area contributed by atoms with E-state index < -0.39 is 0 Å². The van der Waals surface area contributed by atoms with Crippen LogP contribution in [0.1, 0.15) is 12.0 Å². The van der Waals surface area contributed by atoms with E-state index in [4.69, 9.17) is 21.1 Å². The van der Waals surface area contributed by atoms with Gasteiger partial charge in [0.15, 0.2) is 11.5 Å². The number of carbonyl (C=O) groups is 1. The number of para-hydroxylation sites is 1. The number of anilines is 1. The molecule has 0 fully saturated rings. The van der Waals surface area contributed by atoms with E-state index in [1.54, 1.807) is 12.3 Å². The predicted octanol–water partition coefficient (Wildman–Crippen LogP) is 4.23. The monoisotopic (exact) mass is 368 g/mol. The number of hydrogen-bond acceptors (Lipinski definition) is 4. The van der Waals surface area contributed by atoms with E-state index in [2.05, 4.69) is 10.3 Å². The van der Waals surface area contributed by atoms with Crippen LogP contribution in [0, 0.1) is 0 Å². The van der Waals surface area contributed by atoms with Gasteiger partial charge in [0.1, 0.15) is 0 Å². The summed E-state index contributed by atoms with van der Waals surface area (Å²) in [6, 6.07) is 13.1. The fourth-order valence-corrected chi connectivity index (χ4v) is 3.26. The summed E-state index contributed by atoms with van der Waals surface area (Å²) >= 11 is 6.29. The fraction of sp³-hybridized carbons (Fsp3) is 0.200. The second kappa shape index (κ2) is 7.22. The molecule has 4 rings (SSSR count). The van der Waals surface area contributed by atoms with Crippen molar-refractivity contribution in [1.82, 2.24) is 4.98 Å². The van der Waals surface area contributed by atoms with Gasteiger partial charge < -0.3 is 14.8 Å². The zero-order valence-electron chi connectivity index (χ0n) is 14.0. The Balaban J connectivity index is 1.55. The number of hydrogen-bond donors (Lipinski definition) is 1. The van der Waals surface area contributed by atoms with Crippen LogP contribution < -0.4 is 14.8 Å². The normalized spacial score (nSPS) is 13.3. The molecular formula is C20H17ClN2O3. The fourth-order valence-electron chi connectivity index (χ4n) is 2.97. The van der Waals surface area contributed by atoms with E-state index in [9.17, 15) is 4.79 Å². The van der Waals surface area contributed by atoms with Gasteiger partial charge in [0.05, 0.1) is 35.9 Å². The first kappa shape index (κ1) is 16.7. The van der Waals surface area contributed by atoms with Gasteiger partial charge in [-0.3, -0.25) is 9.78 Å². The van der Waals surface area contributed by atoms with Crippen LogP contribution in [0.3, 0.4) is 0 Å². The van der Waals surface area contributed by atoms with E-state index in [-0.39, 0.29) is 12.3 Å². The van der Waals surface area contributed by atoms with Gasteiger partial charge in [-0.1, -0.05) is 29.8 Å². The standard InChI is InChI=1S/C20H17ClN2O3/c21-15-10-13(11-17-20(15)26-9-3-8-25-17)12-18(24)23-16-6-1-4-14-5-2-7-22-19(14)16/h1-2,4-7,10-11H,3,8-9,12H2,(H,23,24). The van der Waals surface area contributed by atoms with E-state index in [0.29, 0.717) is 35.4 Å². The van der Waals surface area contributed by atoms with Crippen molar-refractivity contribution in [2.24, 2.45) is 0 Å². The van der Waals surface area contributed by atoms with Crippen molar-refractivity contribution < 1.29 is 14.3 Å². The number of carbonyl (C=O) groups excluding carboxylic acids is 1. The maximum absolute atomic E-state index is 12.5. The molecule has 2 heterocycles. The Morgan fingerprint density at radius 3 is 2.92 bits per heavy atom. The molecule has 0 bridgehead atoms. The first-order valence-electron chi connectivity index (χ1n) is 8.42. The maximum atomic E-state index is 12.5. The van der Waals surface area contributed by atoms with Gasteiger partial charge in [0, 0.05) is 18.0 Å². The Hall–Kier alpha value is -2.79. The third-order valence-corrected chi connectivity index (χ3v) is 4.41. The number of nitrogens with one attached hydrogen (secondary N) is 1. The summed E-state index contributed by atoms with van der Waals surface area (Å²) in [6.45, 7) is 1.14. The summed E-state index contributed by atoms with van der Waals surface area (Å²) in [5.41, 5.74) is 2.22. The summed E-state index contributed by atoms with van der Waals surface area (Å²) in [5.74, 6) is 0.991. The Morgan fingerprint density at radius 1 is 1.15 bits per heavy atom. The van der Waals surface area contributed by atoms with Gasteiger partial charge in [-0.15, -0.1) is 0 Å². The van der Waals surface area contributed by atoms with E-state index >= 15 is 0 Å². The molecule has 2 aromatic carbocycles. The number of ether oxygens (including phenoxy) is 2. The first-order chi connectivity index (χ1) is 12.7. The third-order valence-electron chi connectivity index (χ3n) is 4.13. The number of fused-ring (bicyclic) bond motifs is 2. The average molecular weight is 369 g/mol. The molecule has 0 saturated carbocycles. The highest BCUT2D eigenvalue weighted by Crippen LogP contribution is 2.38. The molecule has 1 aliphatic heterocycles. The minimum Gasteiger partial charge on any atom is -0.489 e. The second-order valence-electron chi connectivity index (χ2n) is 6.06. The molecule has 1 amide bonds. The zero-order chi connectivity index (χ0) is 17.9. The SMILES string of the molecule is O=C(Cc1cc(Cl)c2c(c1)OCCCO2)Nc1cccc2cccnc12. The number of pyridine rings is 1. The quantitative estimate of drug-likeness (QED) is 0.751. The number of halogens is 1. The molecular weight excluding hydrogens is 352 g/mol. The van der Waals surface area contributed by atoms with Gasteiger partial charge in [0.25, 0.3) is 0 Å². The summed E-state index contributed by atoms with van der Waals surface area (Å²) in [5, 5.41) is 4.36. The molecule has 3 aromatic rings. The van der Waals surface area contributed by atoms with E-state index in [1.165, 1.54) is 0 Å². The molecule has 6 heteroatoms. The molecule has 0 radical (unpaired) electrons. The van der Waals surface area contributed by atoms with Crippen molar-refractivity contribution in [3.63, 3.8) is 0 Å². The van der Waals surface area contributed by atoms with Crippen LogP contribution in [0.2, 0.25) is 5.02 Å². The van der Waals surface area contributed by atoms with Crippen molar-refractivity contribution in [2.75, 3.05) is 18.5 Å². The Kier molecular flexibility index (Phi) is 4.63. The van der Waals surface area contributed by atoms with Gasteiger partial charge in [0.2, 0.25) is 5.91 Å². The topological polar surface area (TPSA) is 60.5 Å². The van der Waals surface area contributed by atoms with E-state index in [1.807, 2.05) is 36.4 Å². The molecule has 0 aliphatic carbocycles. The number of nitrogens with zero attached hydrogens (tertiary/aromatic N) is 1. The van der Waals surface area contributed by atoms with Gasteiger partial charge >= 0.3 is 0 Å². The zero-order valence-corrected chi connectivity index (χ0v) is 14.8. The maximum Gasteiger partial charge on any atom is 0.228 e. The van der Waals surface area contributed by atoms with Crippen LogP contribution in [0.15, 0.2) is 48.7 Å². The highest BCUT2D eigenvalue weighted by molar-refractivity contribution is 6.32. The molecule has 0 unspecified atom stereocenters. The molecule has 5 nitrogen and oxygen atoms in total. The molecule has 0 spiro atoms. The van der Waals surface area contributed by atoms with Crippen molar-refractivity contribution in [3.8, 4) is 11.5 Å². The molecule has 1 N–H and O–H groups in total. The Labute approximate surface area is 155 Å². The molecule has 1 aliphatic rings. The van der Waals surface area contributed by atoms with Crippen molar-refractivity contribution in [2.45, 2.75) is 12.8 Å². The summed E-state index contributed by atoms with van der Waals surface area (Å²) < 4.78 is 11.3. The van der Waals surface area contributed by atoms with Crippen LogP contribution in [0.25, 0.3) is 10.9 Å². The van der Waals surface area contributed by atoms with Crippen LogP contribution in [0.4, 0.5) is 5.69 Å². The lowest BCUT2D eigenvalue weighted by molar-refractivity contribution is -0.115. The van der Waals surface area contributed by atoms with E-state index in [0.717, 1.165) is 22.9 Å². The van der Waals surface area contributed by atoms with Gasteiger partial charge in [-0.05, 0) is 29.8 Å². The van der Waals surface area contributed by atoms with Crippen molar-refractivity contribution in [1.29, 1.82) is 0 Å². The van der Waals surface area contributed by atoms with Crippen LogP contribution >= 0.6 is 11.6 Å². The molecule has 26 heavy (non-hydrogen) atoms. The lowest BCUT2D eigenvalue weighted by atomic mass is 10.1. The first-order valence-corrected chi connectivity index (χ1v) is 8.80. The highest BCUT2D eigenvalue weighted by atomic mass is 35.5. The molecule has 0 saturated heterocycles. The Morgan fingerprint density at radius 2 is 2.00 bits per heavy atom. The largest absolute Gasteiger partial charge is 0.489 e. The van der Waals surface area contributed by atoms with Gasteiger partial charge in [-0.2, -0.15) is 0 Å². The molecule has 0 atom stereocenters. The van der Waals surface area contributed by atoms with Crippen LogP contribution in [-0.2, 0) is 11.2 Å². The predicted molar refractivity (Wildman–Crippen MR) is 101 cm³/mol. The summed E-state index contributed by atoms with van der Waals surface area (Å²) in [6.07, 6.45) is 2.69. The Bertz CT molecular complexity index is 969. The second-order valence-corrected chi connectivity index (χ2v) is 6.47. The lowest BCUT2D eigenvalue weighted by Gasteiger charge is -2.12. The van der Waals surface area contributed by atoms with Crippen molar-refractivity contribution in [3.05, 3.63) is 59.2 Å². The number of aromatic nitrogens is 1. The molecule has 132 valence electrons. The minimum absolute atomic E-state index is 0.145. The smallest absolute Gasteiger partial charge is 0.228 e. The van der Waals surface area contributed by atoms with Gasteiger partial charge in [-0.25, -0.2) is 0 Å². The molecule has 1 aromatic heterocycles. The minimum atomic E-state index is -0.145. The number of rotatable bonds is 3. The highest BCUT2D eigenvalue weighted by Gasteiger charge is 2.17. The lowest BCUT2D eigenvalue weighted by Crippen LogP contribution is -2.15. The van der Waals surface area contributed by atoms with Crippen LogP contribution in [-0.4, -0.2) is 24.1 Å². The third kappa shape index (κ3) is 3.44. The summed E-state index contributed by atoms with van der Waals surface area (Å²) in [7, 11) is 0. The van der Waals surface area contributed by atoms with Crippen LogP contribution in [0.5, 0.6) is 11.5 Å². The number of benzene rings is 2. The summed E-state index contributed by atoms with van der Waals surface area (Å²) in [4.78, 5) is 16.9. The average Bonchev–Trinajstić information content (AvgIpc) is 2.88. The van der Waals surface area contributed by atoms with Crippen molar-refractivity contribution >= 4 is 34.1 Å².